The van der Waals surface area contributed by atoms with Gasteiger partial charge in [-0.05, 0) is 51.0 Å². The predicted octanol–water partition coefficient (Wildman–Crippen LogP) is 2.83. The number of hydrogen-bond acceptors (Lipinski definition) is 3. The topological polar surface area (TPSA) is 30.5 Å². The number of ether oxygens (including phenoxy) is 2. The van der Waals surface area contributed by atoms with Gasteiger partial charge in [0, 0.05) is 12.6 Å². The maximum Gasteiger partial charge on any atom is 0.122 e. The first-order chi connectivity index (χ1) is 8.58. The van der Waals surface area contributed by atoms with E-state index in [1.54, 1.807) is 0 Å². The minimum Gasteiger partial charge on any atom is -0.491 e. The molecule has 1 heterocycles. The number of hydrogen-bond donors (Lipinski definition) is 1. The molecule has 100 valence electrons. The summed E-state index contributed by atoms with van der Waals surface area (Å²) in [7, 11) is 0. The van der Waals surface area contributed by atoms with Crippen LogP contribution in [0.2, 0.25) is 0 Å². The molecular formula is C15H23NO2. The third kappa shape index (κ3) is 3.03. The molecule has 18 heavy (non-hydrogen) atoms. The molecule has 1 fully saturated rings. The van der Waals surface area contributed by atoms with Crippen LogP contribution in [0, 0.1) is 6.92 Å². The fourth-order valence-electron chi connectivity index (χ4n) is 2.34. The molecular weight excluding hydrogens is 226 g/mol. The van der Waals surface area contributed by atoms with Gasteiger partial charge in [0.2, 0.25) is 0 Å². The Morgan fingerprint density at radius 1 is 1.39 bits per heavy atom. The van der Waals surface area contributed by atoms with Gasteiger partial charge in [-0.3, -0.25) is 0 Å². The van der Waals surface area contributed by atoms with Gasteiger partial charge in [-0.1, -0.05) is 6.07 Å². The van der Waals surface area contributed by atoms with Crippen LogP contribution in [-0.4, -0.2) is 25.3 Å². The summed E-state index contributed by atoms with van der Waals surface area (Å²) in [5.74, 6) is 0.963. The van der Waals surface area contributed by atoms with Gasteiger partial charge >= 0.3 is 0 Å². The zero-order valence-corrected chi connectivity index (χ0v) is 11.7. The van der Waals surface area contributed by atoms with E-state index in [0.29, 0.717) is 6.04 Å². The first kappa shape index (κ1) is 13.4. The lowest BCUT2D eigenvalue weighted by Crippen LogP contribution is -2.41. The van der Waals surface area contributed by atoms with Crippen LogP contribution in [0.1, 0.15) is 38.0 Å². The highest BCUT2D eigenvalue weighted by molar-refractivity contribution is 5.37. The van der Waals surface area contributed by atoms with Gasteiger partial charge in [0.25, 0.3) is 0 Å². The fraction of sp³-hybridized carbons (Fsp3) is 0.600. The summed E-state index contributed by atoms with van der Waals surface area (Å²) >= 11 is 0. The zero-order chi connectivity index (χ0) is 13.1. The van der Waals surface area contributed by atoms with E-state index in [0.717, 1.165) is 18.9 Å². The van der Waals surface area contributed by atoms with Crippen LogP contribution in [0.25, 0.3) is 0 Å². The van der Waals surface area contributed by atoms with Gasteiger partial charge in [-0.15, -0.1) is 0 Å². The van der Waals surface area contributed by atoms with E-state index in [9.17, 15) is 0 Å². The number of aryl methyl sites for hydroxylation is 1. The molecule has 1 aliphatic rings. The maximum atomic E-state index is 5.85. The van der Waals surface area contributed by atoms with E-state index < -0.39 is 0 Å². The average Bonchev–Trinajstić information content (AvgIpc) is 2.32. The molecule has 0 saturated carbocycles. The van der Waals surface area contributed by atoms with Crippen molar-refractivity contribution in [3.05, 3.63) is 29.3 Å². The lowest BCUT2D eigenvalue weighted by atomic mass is 10.00. The smallest absolute Gasteiger partial charge is 0.122 e. The molecule has 3 heteroatoms. The van der Waals surface area contributed by atoms with Gasteiger partial charge in [0.1, 0.15) is 5.75 Å². The molecule has 2 rings (SSSR count). The second kappa shape index (κ2) is 5.72. The van der Waals surface area contributed by atoms with E-state index in [-0.39, 0.29) is 12.2 Å². The van der Waals surface area contributed by atoms with Crippen molar-refractivity contribution in [2.45, 2.75) is 45.9 Å². The minimum absolute atomic E-state index is 0.144. The number of rotatable bonds is 3. The SMILES string of the molecule is Cc1cc(C2OCCNC2C)ccc1OC(C)C. The minimum atomic E-state index is 0.144. The normalized spacial score (nSPS) is 24.3. The van der Waals surface area contributed by atoms with Crippen LogP contribution in [-0.2, 0) is 4.74 Å². The first-order valence-corrected chi connectivity index (χ1v) is 6.70. The summed E-state index contributed by atoms with van der Waals surface area (Å²) in [5, 5.41) is 3.44. The van der Waals surface area contributed by atoms with Crippen molar-refractivity contribution in [1.29, 1.82) is 0 Å². The zero-order valence-electron chi connectivity index (χ0n) is 11.7. The Labute approximate surface area is 109 Å². The monoisotopic (exact) mass is 249 g/mol. The highest BCUT2D eigenvalue weighted by atomic mass is 16.5. The molecule has 1 aromatic rings. The molecule has 0 aliphatic carbocycles. The van der Waals surface area contributed by atoms with Gasteiger partial charge in [-0.2, -0.15) is 0 Å². The lowest BCUT2D eigenvalue weighted by Gasteiger charge is -2.31. The largest absolute Gasteiger partial charge is 0.491 e. The summed E-state index contributed by atoms with van der Waals surface area (Å²) in [6.45, 7) is 10.1. The fourth-order valence-corrected chi connectivity index (χ4v) is 2.34. The van der Waals surface area contributed by atoms with E-state index in [1.807, 2.05) is 13.8 Å². The molecule has 1 N–H and O–H groups in total. The number of benzene rings is 1. The Morgan fingerprint density at radius 3 is 2.78 bits per heavy atom. The number of morpholine rings is 1. The third-order valence-corrected chi connectivity index (χ3v) is 3.21. The summed E-state index contributed by atoms with van der Waals surface area (Å²) < 4.78 is 11.6. The van der Waals surface area contributed by atoms with Crippen molar-refractivity contribution in [3.8, 4) is 5.75 Å². The van der Waals surface area contributed by atoms with Crippen LogP contribution in [0.4, 0.5) is 0 Å². The Bertz CT molecular complexity index is 403. The standard InChI is InChI=1S/C15H23NO2/c1-10(2)18-14-6-5-13(9-11(14)3)15-12(4)16-7-8-17-15/h5-6,9-10,12,15-16H,7-8H2,1-4H3. The van der Waals surface area contributed by atoms with Crippen LogP contribution in [0.3, 0.4) is 0 Å². The van der Waals surface area contributed by atoms with Crippen molar-refractivity contribution in [2.75, 3.05) is 13.2 Å². The van der Waals surface area contributed by atoms with Crippen molar-refractivity contribution >= 4 is 0 Å². The summed E-state index contributed by atoms with van der Waals surface area (Å²) in [6.07, 6.45) is 0.353. The molecule has 1 saturated heterocycles. The Morgan fingerprint density at radius 2 is 2.17 bits per heavy atom. The molecule has 0 aromatic heterocycles. The van der Waals surface area contributed by atoms with Crippen molar-refractivity contribution in [1.82, 2.24) is 5.32 Å². The first-order valence-electron chi connectivity index (χ1n) is 6.70. The molecule has 3 nitrogen and oxygen atoms in total. The molecule has 0 radical (unpaired) electrons. The van der Waals surface area contributed by atoms with Crippen LogP contribution in [0.5, 0.6) is 5.75 Å². The van der Waals surface area contributed by atoms with E-state index in [1.165, 1.54) is 11.1 Å². The van der Waals surface area contributed by atoms with E-state index >= 15 is 0 Å². The number of nitrogens with one attached hydrogen (secondary N) is 1. The molecule has 2 atom stereocenters. The van der Waals surface area contributed by atoms with Gasteiger partial charge in [0.15, 0.2) is 0 Å². The van der Waals surface area contributed by atoms with Crippen molar-refractivity contribution in [2.24, 2.45) is 0 Å². The summed E-state index contributed by atoms with van der Waals surface area (Å²) in [4.78, 5) is 0. The van der Waals surface area contributed by atoms with Crippen LogP contribution >= 0.6 is 0 Å². The second-order valence-electron chi connectivity index (χ2n) is 5.23. The second-order valence-corrected chi connectivity index (χ2v) is 5.23. The molecule has 0 spiro atoms. The average molecular weight is 249 g/mol. The predicted molar refractivity (Wildman–Crippen MR) is 73.1 cm³/mol. The van der Waals surface area contributed by atoms with Crippen molar-refractivity contribution < 1.29 is 9.47 Å². The van der Waals surface area contributed by atoms with E-state index in [4.69, 9.17) is 9.47 Å². The highest BCUT2D eigenvalue weighted by Crippen LogP contribution is 2.28. The molecule has 0 bridgehead atoms. The summed E-state index contributed by atoms with van der Waals surface area (Å²) in [5.41, 5.74) is 2.39. The van der Waals surface area contributed by atoms with Crippen LogP contribution < -0.4 is 10.1 Å². The Kier molecular flexibility index (Phi) is 4.25. The lowest BCUT2D eigenvalue weighted by molar-refractivity contribution is -0.000289. The molecule has 1 aromatic carbocycles. The van der Waals surface area contributed by atoms with Crippen LogP contribution in [0.15, 0.2) is 18.2 Å². The Hall–Kier alpha value is -1.06. The Balaban J connectivity index is 2.17. The van der Waals surface area contributed by atoms with E-state index in [2.05, 4.69) is 37.4 Å². The van der Waals surface area contributed by atoms with Gasteiger partial charge < -0.3 is 14.8 Å². The van der Waals surface area contributed by atoms with Gasteiger partial charge in [-0.25, -0.2) is 0 Å². The summed E-state index contributed by atoms with van der Waals surface area (Å²) in [6, 6.07) is 6.69. The van der Waals surface area contributed by atoms with Crippen molar-refractivity contribution in [3.63, 3.8) is 0 Å². The van der Waals surface area contributed by atoms with Gasteiger partial charge in [0.05, 0.1) is 18.8 Å². The third-order valence-electron chi connectivity index (χ3n) is 3.21. The highest BCUT2D eigenvalue weighted by Gasteiger charge is 2.23. The molecule has 2 unspecified atom stereocenters. The maximum absolute atomic E-state index is 5.85. The molecule has 1 aliphatic heterocycles. The quantitative estimate of drug-likeness (QED) is 0.893. The molecule has 0 amide bonds.